The summed E-state index contributed by atoms with van der Waals surface area (Å²) in [6.07, 6.45) is 1.59. The van der Waals surface area contributed by atoms with Crippen molar-refractivity contribution in [2.45, 2.75) is 45.8 Å². The molecule has 1 aromatic carbocycles. The normalized spacial score (nSPS) is 15.3. The first-order chi connectivity index (χ1) is 10.3. The molecule has 0 aliphatic carbocycles. The van der Waals surface area contributed by atoms with Crippen molar-refractivity contribution >= 4 is 17.7 Å². The van der Waals surface area contributed by atoms with Gasteiger partial charge in [0.05, 0.1) is 0 Å². The summed E-state index contributed by atoms with van der Waals surface area (Å²) in [6.45, 7) is 9.09. The van der Waals surface area contributed by atoms with Gasteiger partial charge in [0.25, 0.3) is 0 Å². The maximum absolute atomic E-state index is 11.6. The van der Waals surface area contributed by atoms with Crippen LogP contribution in [0.1, 0.15) is 38.3 Å². The topological polar surface area (TPSA) is 41.6 Å². The number of hydrogen-bond donors (Lipinski definition) is 1. The molecular formula is C17H25ClN2O2. The van der Waals surface area contributed by atoms with E-state index in [9.17, 15) is 4.79 Å². The summed E-state index contributed by atoms with van der Waals surface area (Å²) < 4.78 is 5.21. The Morgan fingerprint density at radius 3 is 2.91 bits per heavy atom. The average molecular weight is 325 g/mol. The molecule has 1 N–H and O–H groups in total. The van der Waals surface area contributed by atoms with Gasteiger partial charge < -0.3 is 10.1 Å². The highest BCUT2D eigenvalue weighted by Gasteiger charge is 2.18. The lowest BCUT2D eigenvalue weighted by molar-refractivity contribution is 0.0525. The van der Waals surface area contributed by atoms with Crippen molar-refractivity contribution in [1.82, 2.24) is 10.2 Å². The van der Waals surface area contributed by atoms with Gasteiger partial charge in [-0.2, -0.15) is 0 Å². The molecule has 0 unspecified atom stereocenters. The predicted molar refractivity (Wildman–Crippen MR) is 89.3 cm³/mol. The Kier molecular flexibility index (Phi) is 5.70. The molecule has 1 aromatic rings. The van der Waals surface area contributed by atoms with Gasteiger partial charge in [0.15, 0.2) is 0 Å². The van der Waals surface area contributed by atoms with Gasteiger partial charge in [-0.25, -0.2) is 4.79 Å². The van der Waals surface area contributed by atoms with Gasteiger partial charge >= 0.3 is 6.09 Å². The highest BCUT2D eigenvalue weighted by Crippen LogP contribution is 2.25. The lowest BCUT2D eigenvalue weighted by Gasteiger charge is -2.29. The molecule has 1 aliphatic heterocycles. The van der Waals surface area contributed by atoms with E-state index in [1.807, 2.05) is 32.9 Å². The first kappa shape index (κ1) is 17.1. The summed E-state index contributed by atoms with van der Waals surface area (Å²) in [6, 6.07) is 6.12. The van der Waals surface area contributed by atoms with Gasteiger partial charge in [0.2, 0.25) is 0 Å². The Hall–Kier alpha value is -1.26. The number of hydrogen-bond acceptors (Lipinski definition) is 3. The second-order valence-electron chi connectivity index (χ2n) is 6.69. The van der Waals surface area contributed by atoms with Crippen LogP contribution in [0.2, 0.25) is 5.02 Å². The fourth-order valence-electron chi connectivity index (χ4n) is 2.59. The summed E-state index contributed by atoms with van der Waals surface area (Å²) in [5.74, 6) is 0. The van der Waals surface area contributed by atoms with E-state index in [0.29, 0.717) is 6.54 Å². The number of ether oxygens (including phenoxy) is 1. The molecule has 5 heteroatoms. The van der Waals surface area contributed by atoms with Crippen LogP contribution in [0.4, 0.5) is 4.79 Å². The van der Waals surface area contributed by atoms with Crippen LogP contribution in [0.25, 0.3) is 0 Å². The van der Waals surface area contributed by atoms with Crippen molar-refractivity contribution in [1.29, 1.82) is 0 Å². The van der Waals surface area contributed by atoms with Crippen molar-refractivity contribution < 1.29 is 9.53 Å². The summed E-state index contributed by atoms with van der Waals surface area (Å²) in [7, 11) is 0. The van der Waals surface area contributed by atoms with E-state index in [1.54, 1.807) is 0 Å². The molecule has 22 heavy (non-hydrogen) atoms. The largest absolute Gasteiger partial charge is 0.444 e. The molecule has 1 amide bonds. The minimum atomic E-state index is -0.447. The maximum Gasteiger partial charge on any atom is 0.407 e. The third-order valence-electron chi connectivity index (χ3n) is 3.61. The van der Waals surface area contributed by atoms with Crippen LogP contribution in [0.15, 0.2) is 18.2 Å². The van der Waals surface area contributed by atoms with E-state index in [1.165, 1.54) is 11.1 Å². The number of benzene rings is 1. The third kappa shape index (κ3) is 5.18. The third-order valence-corrected chi connectivity index (χ3v) is 3.97. The van der Waals surface area contributed by atoms with Crippen molar-refractivity contribution in [2.24, 2.45) is 0 Å². The van der Waals surface area contributed by atoms with Crippen LogP contribution in [0.5, 0.6) is 0 Å². The number of amides is 1. The van der Waals surface area contributed by atoms with Crippen molar-refractivity contribution in [2.75, 3.05) is 19.6 Å². The minimum Gasteiger partial charge on any atom is -0.444 e. The second-order valence-corrected chi connectivity index (χ2v) is 7.09. The fourth-order valence-corrected chi connectivity index (χ4v) is 2.85. The van der Waals surface area contributed by atoms with Crippen LogP contribution in [-0.2, 0) is 17.7 Å². The number of alkyl carbamates (subject to hydrolysis) is 1. The molecule has 0 aromatic heterocycles. The van der Waals surface area contributed by atoms with E-state index >= 15 is 0 Å². The zero-order valence-electron chi connectivity index (χ0n) is 13.6. The molecule has 4 nitrogen and oxygen atoms in total. The van der Waals surface area contributed by atoms with E-state index < -0.39 is 5.60 Å². The SMILES string of the molecule is CC(C)(C)OC(=O)NCCCN1CCc2cccc(Cl)c2C1. The molecule has 122 valence electrons. The smallest absolute Gasteiger partial charge is 0.407 e. The number of nitrogens with zero attached hydrogens (tertiary/aromatic N) is 1. The lowest BCUT2D eigenvalue weighted by atomic mass is 10.00. The average Bonchev–Trinajstić information content (AvgIpc) is 2.42. The summed E-state index contributed by atoms with van der Waals surface area (Å²) >= 11 is 6.27. The van der Waals surface area contributed by atoms with Gasteiger partial charge in [0, 0.05) is 31.2 Å². The highest BCUT2D eigenvalue weighted by atomic mass is 35.5. The van der Waals surface area contributed by atoms with Crippen LogP contribution in [-0.4, -0.2) is 36.2 Å². The molecule has 0 saturated heterocycles. The maximum atomic E-state index is 11.6. The molecule has 0 saturated carbocycles. The van der Waals surface area contributed by atoms with E-state index in [2.05, 4.69) is 16.3 Å². The zero-order chi connectivity index (χ0) is 16.2. The lowest BCUT2D eigenvalue weighted by Crippen LogP contribution is -2.36. The van der Waals surface area contributed by atoms with Gasteiger partial charge in [-0.1, -0.05) is 23.7 Å². The van der Waals surface area contributed by atoms with E-state index in [-0.39, 0.29) is 6.09 Å². The first-order valence-electron chi connectivity index (χ1n) is 7.80. The van der Waals surface area contributed by atoms with Crippen molar-refractivity contribution in [3.63, 3.8) is 0 Å². The number of rotatable bonds is 4. The minimum absolute atomic E-state index is 0.348. The van der Waals surface area contributed by atoms with Crippen LogP contribution in [0, 0.1) is 0 Å². The first-order valence-corrected chi connectivity index (χ1v) is 8.18. The van der Waals surface area contributed by atoms with Gasteiger partial charge in [-0.05, 0) is 50.8 Å². The van der Waals surface area contributed by atoms with E-state index in [0.717, 1.165) is 37.5 Å². The van der Waals surface area contributed by atoms with Crippen LogP contribution >= 0.6 is 11.6 Å². The fraction of sp³-hybridized carbons (Fsp3) is 0.588. The molecule has 0 atom stereocenters. The number of carbonyl (C=O) groups excluding carboxylic acids is 1. The van der Waals surface area contributed by atoms with Crippen LogP contribution < -0.4 is 5.32 Å². The van der Waals surface area contributed by atoms with Gasteiger partial charge in [0.1, 0.15) is 5.60 Å². The number of halogens is 1. The Morgan fingerprint density at radius 1 is 1.41 bits per heavy atom. The Labute approximate surface area is 137 Å². The van der Waals surface area contributed by atoms with E-state index in [4.69, 9.17) is 16.3 Å². The monoisotopic (exact) mass is 324 g/mol. The highest BCUT2D eigenvalue weighted by molar-refractivity contribution is 6.31. The number of fused-ring (bicyclic) bond motifs is 1. The summed E-state index contributed by atoms with van der Waals surface area (Å²) in [5.41, 5.74) is 2.16. The summed E-state index contributed by atoms with van der Waals surface area (Å²) in [4.78, 5) is 13.9. The Bertz CT molecular complexity index is 526. The second kappa shape index (κ2) is 7.34. The molecule has 1 aliphatic rings. The molecule has 0 bridgehead atoms. The van der Waals surface area contributed by atoms with Crippen molar-refractivity contribution in [3.8, 4) is 0 Å². The van der Waals surface area contributed by atoms with Crippen LogP contribution in [0.3, 0.4) is 0 Å². The van der Waals surface area contributed by atoms with Crippen molar-refractivity contribution in [3.05, 3.63) is 34.3 Å². The zero-order valence-corrected chi connectivity index (χ0v) is 14.4. The standard InChI is InChI=1S/C17H25ClN2O2/c1-17(2,3)22-16(21)19-9-5-10-20-11-8-13-6-4-7-15(18)14(13)12-20/h4,6-7H,5,8-12H2,1-3H3,(H,19,21). The molecule has 0 radical (unpaired) electrons. The number of nitrogens with one attached hydrogen (secondary N) is 1. The molecular weight excluding hydrogens is 300 g/mol. The van der Waals surface area contributed by atoms with Gasteiger partial charge in [-0.3, -0.25) is 4.90 Å². The van der Waals surface area contributed by atoms with Gasteiger partial charge in [-0.15, -0.1) is 0 Å². The Balaban J connectivity index is 1.71. The quantitative estimate of drug-likeness (QED) is 0.860. The molecule has 0 fully saturated rings. The summed E-state index contributed by atoms with van der Waals surface area (Å²) in [5, 5.41) is 3.65. The Morgan fingerprint density at radius 2 is 2.18 bits per heavy atom. The molecule has 0 spiro atoms. The number of carbonyl (C=O) groups is 1. The molecule has 2 rings (SSSR count). The predicted octanol–water partition coefficient (Wildman–Crippen LogP) is 3.61. The molecule has 1 heterocycles.